The lowest BCUT2D eigenvalue weighted by Gasteiger charge is -2.14. The molecule has 1 aliphatic carbocycles. The molecule has 1 unspecified atom stereocenters. The number of ketones is 1. The first-order valence-electron chi connectivity index (χ1n) is 4.11. The number of aryl methyl sites for hydroxylation is 1. The number of rotatable bonds is 1. The Bertz CT molecular complexity index is 367. The highest BCUT2D eigenvalue weighted by atomic mass is 16.3. The van der Waals surface area contributed by atoms with Crippen molar-refractivity contribution in [1.29, 1.82) is 0 Å². The topological polar surface area (TPSA) is 70.2 Å². The molecule has 68 valence electrons. The van der Waals surface area contributed by atoms with E-state index in [0.717, 1.165) is 5.69 Å². The summed E-state index contributed by atoms with van der Waals surface area (Å²) in [7, 11) is 0. The zero-order valence-corrected chi connectivity index (χ0v) is 6.91. The van der Waals surface area contributed by atoms with Gasteiger partial charge in [-0.2, -0.15) is 0 Å². The predicted molar refractivity (Wildman–Crippen MR) is 44.8 cm³/mol. The number of Topliss-reactive ketones (excluding diaryl/α,β-unsaturated/α-hetero) is 1. The van der Waals surface area contributed by atoms with Gasteiger partial charge in [0.1, 0.15) is 6.10 Å². The molecule has 0 saturated carbocycles. The summed E-state index contributed by atoms with van der Waals surface area (Å²) in [5, 5.41) is 9.25. The van der Waals surface area contributed by atoms with Gasteiger partial charge in [0.25, 0.3) is 0 Å². The number of fused-ring (bicyclic) bond motifs is 1. The highest BCUT2D eigenvalue weighted by Gasteiger charge is 2.27. The van der Waals surface area contributed by atoms with Gasteiger partial charge >= 0.3 is 0 Å². The van der Waals surface area contributed by atoms with Crippen molar-refractivity contribution in [1.82, 2.24) is 4.98 Å². The van der Waals surface area contributed by atoms with Crippen LogP contribution >= 0.6 is 0 Å². The van der Waals surface area contributed by atoms with E-state index in [-0.39, 0.29) is 5.78 Å². The number of aromatic nitrogens is 1. The maximum atomic E-state index is 11.4. The first-order valence-corrected chi connectivity index (χ1v) is 4.11. The summed E-state index contributed by atoms with van der Waals surface area (Å²) >= 11 is 0. The summed E-state index contributed by atoms with van der Waals surface area (Å²) in [5.41, 5.74) is 1.62. The summed E-state index contributed by atoms with van der Waals surface area (Å²) in [6.07, 6.45) is 0.821. The second kappa shape index (κ2) is 2.81. The largest absolute Gasteiger partial charge is 0.385 e. The third-order valence-electron chi connectivity index (χ3n) is 2.28. The van der Waals surface area contributed by atoms with E-state index in [1.807, 2.05) is 0 Å². The molecule has 0 amide bonds. The SMILES string of the molecule is O=Cc1cc2c([nH]1)CCC(O)C2=O. The molecular formula is C9H9NO3. The fourth-order valence-corrected chi connectivity index (χ4v) is 1.59. The van der Waals surface area contributed by atoms with Gasteiger partial charge in [-0.1, -0.05) is 0 Å². The number of nitrogens with one attached hydrogen (secondary N) is 1. The van der Waals surface area contributed by atoms with Crippen LogP contribution in [-0.4, -0.2) is 28.3 Å². The molecule has 2 N–H and O–H groups in total. The van der Waals surface area contributed by atoms with Crippen molar-refractivity contribution in [2.24, 2.45) is 0 Å². The highest BCUT2D eigenvalue weighted by molar-refractivity contribution is 6.02. The van der Waals surface area contributed by atoms with Gasteiger partial charge in [0.05, 0.1) is 5.69 Å². The Labute approximate surface area is 74.6 Å². The van der Waals surface area contributed by atoms with E-state index in [4.69, 9.17) is 0 Å². The van der Waals surface area contributed by atoms with Crippen molar-refractivity contribution < 1.29 is 14.7 Å². The number of H-pyrrole nitrogens is 1. The number of aliphatic hydroxyl groups excluding tert-OH is 1. The second-order valence-corrected chi connectivity index (χ2v) is 3.15. The van der Waals surface area contributed by atoms with Gasteiger partial charge in [0.15, 0.2) is 12.1 Å². The third kappa shape index (κ3) is 1.19. The van der Waals surface area contributed by atoms with Crippen LogP contribution in [0.4, 0.5) is 0 Å². The van der Waals surface area contributed by atoms with E-state index in [2.05, 4.69) is 4.98 Å². The maximum Gasteiger partial charge on any atom is 0.193 e. The van der Waals surface area contributed by atoms with Crippen LogP contribution in [0.15, 0.2) is 6.07 Å². The smallest absolute Gasteiger partial charge is 0.193 e. The van der Waals surface area contributed by atoms with E-state index < -0.39 is 6.10 Å². The summed E-state index contributed by atoms with van der Waals surface area (Å²) in [6, 6.07) is 1.49. The van der Waals surface area contributed by atoms with Gasteiger partial charge in [-0.3, -0.25) is 9.59 Å². The predicted octanol–water partition coefficient (Wildman–Crippen LogP) is 0.317. The maximum absolute atomic E-state index is 11.4. The lowest BCUT2D eigenvalue weighted by atomic mass is 9.94. The molecule has 0 aromatic carbocycles. The van der Waals surface area contributed by atoms with Gasteiger partial charge in [-0.05, 0) is 18.9 Å². The number of carbonyl (C=O) groups is 2. The third-order valence-corrected chi connectivity index (χ3v) is 2.28. The van der Waals surface area contributed by atoms with Crippen LogP contribution in [-0.2, 0) is 6.42 Å². The quantitative estimate of drug-likeness (QED) is 0.610. The molecule has 0 aliphatic heterocycles. The zero-order valence-electron chi connectivity index (χ0n) is 6.91. The molecule has 1 heterocycles. The summed E-state index contributed by atoms with van der Waals surface area (Å²) < 4.78 is 0. The number of aromatic amines is 1. The van der Waals surface area contributed by atoms with Gasteiger partial charge in [-0.15, -0.1) is 0 Å². The lowest BCUT2D eigenvalue weighted by molar-refractivity contribution is 0.0712. The number of hydrogen-bond acceptors (Lipinski definition) is 3. The molecule has 1 aliphatic rings. The Hall–Kier alpha value is -1.42. The molecule has 4 heteroatoms. The highest BCUT2D eigenvalue weighted by Crippen LogP contribution is 2.21. The lowest BCUT2D eigenvalue weighted by Crippen LogP contribution is -2.26. The summed E-state index contributed by atoms with van der Waals surface area (Å²) in [5.74, 6) is -0.286. The minimum atomic E-state index is -0.900. The molecule has 2 rings (SSSR count). The number of aldehydes is 1. The minimum absolute atomic E-state index is 0.286. The van der Waals surface area contributed by atoms with Crippen LogP contribution < -0.4 is 0 Å². The van der Waals surface area contributed by atoms with E-state index in [1.165, 1.54) is 6.07 Å². The molecule has 0 bridgehead atoms. The van der Waals surface area contributed by atoms with Crippen LogP contribution in [0.25, 0.3) is 0 Å². The fourth-order valence-electron chi connectivity index (χ4n) is 1.59. The number of aliphatic hydroxyl groups is 1. The normalized spacial score (nSPS) is 21.3. The molecule has 13 heavy (non-hydrogen) atoms. The number of hydrogen-bond donors (Lipinski definition) is 2. The van der Waals surface area contributed by atoms with Crippen molar-refractivity contribution in [3.8, 4) is 0 Å². The Morgan fingerprint density at radius 1 is 1.62 bits per heavy atom. The van der Waals surface area contributed by atoms with Gasteiger partial charge < -0.3 is 10.1 Å². The first-order chi connectivity index (χ1) is 6.22. The first kappa shape index (κ1) is 8.19. The average molecular weight is 179 g/mol. The fraction of sp³-hybridized carbons (Fsp3) is 0.333. The van der Waals surface area contributed by atoms with E-state index in [1.54, 1.807) is 0 Å². The monoisotopic (exact) mass is 179 g/mol. The van der Waals surface area contributed by atoms with E-state index in [0.29, 0.717) is 30.4 Å². The van der Waals surface area contributed by atoms with Gasteiger partial charge in [-0.25, -0.2) is 0 Å². The van der Waals surface area contributed by atoms with E-state index in [9.17, 15) is 14.7 Å². The van der Waals surface area contributed by atoms with Crippen molar-refractivity contribution in [2.75, 3.05) is 0 Å². The molecule has 4 nitrogen and oxygen atoms in total. The van der Waals surface area contributed by atoms with Crippen LogP contribution in [0.2, 0.25) is 0 Å². The molecule has 0 saturated heterocycles. The zero-order chi connectivity index (χ0) is 9.42. The van der Waals surface area contributed by atoms with Crippen LogP contribution in [0.1, 0.15) is 33.0 Å². The van der Waals surface area contributed by atoms with Crippen molar-refractivity contribution in [2.45, 2.75) is 18.9 Å². The minimum Gasteiger partial charge on any atom is -0.385 e. The van der Waals surface area contributed by atoms with Crippen LogP contribution in [0.3, 0.4) is 0 Å². The van der Waals surface area contributed by atoms with Crippen molar-refractivity contribution in [3.63, 3.8) is 0 Å². The Morgan fingerprint density at radius 3 is 3.08 bits per heavy atom. The second-order valence-electron chi connectivity index (χ2n) is 3.15. The molecular weight excluding hydrogens is 170 g/mol. The molecule has 1 atom stereocenters. The van der Waals surface area contributed by atoms with Crippen molar-refractivity contribution in [3.05, 3.63) is 23.0 Å². The van der Waals surface area contributed by atoms with Gasteiger partial charge in [0, 0.05) is 11.3 Å². The molecule has 0 radical (unpaired) electrons. The molecule has 0 fully saturated rings. The number of carbonyl (C=O) groups excluding carboxylic acids is 2. The van der Waals surface area contributed by atoms with Crippen molar-refractivity contribution >= 4 is 12.1 Å². The van der Waals surface area contributed by atoms with E-state index >= 15 is 0 Å². The summed E-state index contributed by atoms with van der Waals surface area (Å²) in [6.45, 7) is 0. The summed E-state index contributed by atoms with van der Waals surface area (Å²) in [4.78, 5) is 24.6. The molecule has 0 spiro atoms. The Balaban J connectivity index is 2.47. The molecule has 1 aromatic rings. The average Bonchev–Trinajstić information content (AvgIpc) is 2.55. The van der Waals surface area contributed by atoms with Gasteiger partial charge in [0.2, 0.25) is 0 Å². The Kier molecular flexibility index (Phi) is 1.77. The van der Waals surface area contributed by atoms with Crippen LogP contribution in [0, 0.1) is 0 Å². The molecule has 1 aromatic heterocycles. The Morgan fingerprint density at radius 2 is 2.38 bits per heavy atom. The van der Waals surface area contributed by atoms with Crippen LogP contribution in [0.5, 0.6) is 0 Å². The standard InChI is InChI=1S/C9H9NO3/c11-4-5-3-6-7(10-5)1-2-8(12)9(6)13/h3-4,8,10,12H,1-2H2.